The maximum atomic E-state index is 12.7. The third-order valence-electron chi connectivity index (χ3n) is 4.22. The molecule has 3 rings (SSSR count). The standard InChI is InChI=1S/C16H17BrN2O3/c1-9-4-5-19(14(6-9)16(21)22)15(20)13-8-10-7-11(17)2-3-12(10)18-13/h2-3,7-9,14,18H,4-6H2,1H3,(H,21,22). The van der Waals surface area contributed by atoms with Gasteiger partial charge in [-0.25, -0.2) is 4.79 Å². The molecule has 1 fully saturated rings. The van der Waals surface area contributed by atoms with Crippen LogP contribution in [0.5, 0.6) is 0 Å². The third kappa shape index (κ3) is 2.75. The number of carboxylic acid groups (broad SMARTS) is 1. The topological polar surface area (TPSA) is 73.4 Å². The van der Waals surface area contributed by atoms with Crippen molar-refractivity contribution >= 4 is 38.7 Å². The maximum Gasteiger partial charge on any atom is 0.326 e. The zero-order valence-corrected chi connectivity index (χ0v) is 13.8. The minimum atomic E-state index is -0.932. The Bertz CT molecular complexity index is 740. The van der Waals surface area contributed by atoms with Gasteiger partial charge < -0.3 is 15.0 Å². The van der Waals surface area contributed by atoms with Crippen molar-refractivity contribution in [2.45, 2.75) is 25.8 Å². The van der Waals surface area contributed by atoms with E-state index in [0.717, 1.165) is 21.8 Å². The zero-order chi connectivity index (χ0) is 15.9. The van der Waals surface area contributed by atoms with Gasteiger partial charge in [-0.1, -0.05) is 22.9 Å². The number of benzene rings is 1. The highest BCUT2D eigenvalue weighted by molar-refractivity contribution is 9.10. The Morgan fingerprint density at radius 1 is 1.36 bits per heavy atom. The van der Waals surface area contributed by atoms with Crippen LogP contribution in [0, 0.1) is 5.92 Å². The molecule has 0 radical (unpaired) electrons. The maximum absolute atomic E-state index is 12.7. The Labute approximate surface area is 136 Å². The first-order valence-electron chi connectivity index (χ1n) is 7.28. The average Bonchev–Trinajstić information content (AvgIpc) is 2.89. The van der Waals surface area contributed by atoms with Gasteiger partial charge in [-0.3, -0.25) is 4.79 Å². The van der Waals surface area contributed by atoms with Crippen LogP contribution in [0.1, 0.15) is 30.3 Å². The predicted octanol–water partition coefficient (Wildman–Crippen LogP) is 3.26. The summed E-state index contributed by atoms with van der Waals surface area (Å²) in [5.41, 5.74) is 1.30. The lowest BCUT2D eigenvalue weighted by Crippen LogP contribution is -2.49. The SMILES string of the molecule is CC1CCN(C(=O)c2cc3cc(Br)ccc3[nH]2)C(C(=O)O)C1. The van der Waals surface area contributed by atoms with Crippen LogP contribution in [0.4, 0.5) is 0 Å². The highest BCUT2D eigenvalue weighted by atomic mass is 79.9. The van der Waals surface area contributed by atoms with Gasteiger partial charge in [0.05, 0.1) is 0 Å². The third-order valence-corrected chi connectivity index (χ3v) is 4.72. The van der Waals surface area contributed by atoms with Crippen molar-refractivity contribution in [2.75, 3.05) is 6.54 Å². The molecule has 1 saturated heterocycles. The molecule has 2 atom stereocenters. The number of amides is 1. The van der Waals surface area contributed by atoms with Crippen LogP contribution in [-0.4, -0.2) is 39.5 Å². The first-order chi connectivity index (χ1) is 10.5. The molecule has 6 heteroatoms. The number of carbonyl (C=O) groups is 2. The highest BCUT2D eigenvalue weighted by Gasteiger charge is 2.35. The van der Waals surface area contributed by atoms with Gasteiger partial charge in [0, 0.05) is 21.9 Å². The fourth-order valence-electron chi connectivity index (χ4n) is 2.99. The van der Waals surface area contributed by atoms with Crippen molar-refractivity contribution in [1.29, 1.82) is 0 Å². The van der Waals surface area contributed by atoms with E-state index >= 15 is 0 Å². The summed E-state index contributed by atoms with van der Waals surface area (Å²) >= 11 is 3.40. The molecule has 2 unspecified atom stereocenters. The van der Waals surface area contributed by atoms with Crippen molar-refractivity contribution in [3.63, 3.8) is 0 Å². The molecule has 0 saturated carbocycles. The van der Waals surface area contributed by atoms with E-state index in [2.05, 4.69) is 20.9 Å². The number of hydrogen-bond acceptors (Lipinski definition) is 2. The number of nitrogens with one attached hydrogen (secondary N) is 1. The summed E-state index contributed by atoms with van der Waals surface area (Å²) in [6.45, 7) is 2.51. The van der Waals surface area contributed by atoms with Crippen LogP contribution in [-0.2, 0) is 4.79 Å². The minimum absolute atomic E-state index is 0.244. The number of aromatic amines is 1. The molecule has 1 aliphatic rings. The average molecular weight is 365 g/mol. The van der Waals surface area contributed by atoms with E-state index in [4.69, 9.17) is 0 Å². The fourth-order valence-corrected chi connectivity index (χ4v) is 3.37. The number of hydrogen-bond donors (Lipinski definition) is 2. The van der Waals surface area contributed by atoms with E-state index in [1.807, 2.05) is 25.1 Å². The predicted molar refractivity (Wildman–Crippen MR) is 86.9 cm³/mol. The van der Waals surface area contributed by atoms with Crippen molar-refractivity contribution in [2.24, 2.45) is 5.92 Å². The fraction of sp³-hybridized carbons (Fsp3) is 0.375. The highest BCUT2D eigenvalue weighted by Crippen LogP contribution is 2.26. The molecular formula is C16H17BrN2O3. The number of likely N-dealkylation sites (tertiary alicyclic amines) is 1. The summed E-state index contributed by atoms with van der Waals surface area (Å²) in [6.07, 6.45) is 1.34. The summed E-state index contributed by atoms with van der Waals surface area (Å²) in [6, 6.07) is 6.75. The first kappa shape index (κ1) is 15.1. The van der Waals surface area contributed by atoms with Crippen molar-refractivity contribution < 1.29 is 14.7 Å². The Balaban J connectivity index is 1.92. The van der Waals surface area contributed by atoms with Crippen LogP contribution in [0.3, 0.4) is 0 Å². The van der Waals surface area contributed by atoms with Gasteiger partial charge in [-0.05, 0) is 43.0 Å². The quantitative estimate of drug-likeness (QED) is 0.858. The number of rotatable bonds is 2. The number of carbonyl (C=O) groups excluding carboxylic acids is 1. The van der Waals surface area contributed by atoms with Crippen molar-refractivity contribution in [3.05, 3.63) is 34.4 Å². The minimum Gasteiger partial charge on any atom is -0.480 e. The molecule has 2 N–H and O–H groups in total. The number of aliphatic carboxylic acids is 1. The normalized spacial score (nSPS) is 22.0. The number of halogens is 1. The van der Waals surface area contributed by atoms with Crippen molar-refractivity contribution in [1.82, 2.24) is 9.88 Å². The molecule has 22 heavy (non-hydrogen) atoms. The monoisotopic (exact) mass is 364 g/mol. The lowest BCUT2D eigenvalue weighted by atomic mass is 9.92. The van der Waals surface area contributed by atoms with Crippen LogP contribution in [0.2, 0.25) is 0 Å². The van der Waals surface area contributed by atoms with Gasteiger partial charge in [0.25, 0.3) is 5.91 Å². The van der Waals surface area contributed by atoms with Gasteiger partial charge >= 0.3 is 5.97 Å². The lowest BCUT2D eigenvalue weighted by molar-refractivity contribution is -0.144. The first-order valence-corrected chi connectivity index (χ1v) is 8.07. The van der Waals surface area contributed by atoms with Gasteiger partial charge in [0.15, 0.2) is 0 Å². The summed E-state index contributed by atoms with van der Waals surface area (Å²) in [5.74, 6) is -0.853. The number of nitrogens with zero attached hydrogens (tertiary/aromatic N) is 1. The lowest BCUT2D eigenvalue weighted by Gasteiger charge is -2.35. The molecule has 1 aromatic heterocycles. The van der Waals surface area contributed by atoms with Crippen LogP contribution in [0.25, 0.3) is 10.9 Å². The van der Waals surface area contributed by atoms with E-state index < -0.39 is 12.0 Å². The van der Waals surface area contributed by atoms with E-state index in [9.17, 15) is 14.7 Å². The molecule has 1 aromatic carbocycles. The molecular weight excluding hydrogens is 348 g/mol. The molecule has 1 amide bonds. The second-order valence-electron chi connectivity index (χ2n) is 5.90. The Kier molecular flexibility index (Phi) is 3.95. The molecule has 0 bridgehead atoms. The largest absolute Gasteiger partial charge is 0.480 e. The Hall–Kier alpha value is -1.82. The van der Waals surface area contributed by atoms with Crippen LogP contribution in [0.15, 0.2) is 28.7 Å². The smallest absolute Gasteiger partial charge is 0.326 e. The van der Waals surface area contributed by atoms with E-state index in [0.29, 0.717) is 24.6 Å². The molecule has 0 aliphatic carbocycles. The summed E-state index contributed by atoms with van der Waals surface area (Å²) < 4.78 is 0.938. The molecule has 2 aromatic rings. The number of piperidine rings is 1. The summed E-state index contributed by atoms with van der Waals surface area (Å²) in [7, 11) is 0. The van der Waals surface area contributed by atoms with Gasteiger partial charge in [0.2, 0.25) is 0 Å². The molecule has 116 valence electrons. The van der Waals surface area contributed by atoms with Crippen LogP contribution >= 0.6 is 15.9 Å². The van der Waals surface area contributed by atoms with E-state index in [1.54, 1.807) is 6.07 Å². The Morgan fingerprint density at radius 2 is 2.14 bits per heavy atom. The van der Waals surface area contributed by atoms with Gasteiger partial charge in [-0.2, -0.15) is 0 Å². The number of aromatic nitrogens is 1. The number of fused-ring (bicyclic) bond motifs is 1. The van der Waals surface area contributed by atoms with E-state index in [-0.39, 0.29) is 5.91 Å². The molecule has 2 heterocycles. The zero-order valence-electron chi connectivity index (χ0n) is 12.2. The second-order valence-corrected chi connectivity index (χ2v) is 6.81. The van der Waals surface area contributed by atoms with Gasteiger partial charge in [0.1, 0.15) is 11.7 Å². The summed E-state index contributed by atoms with van der Waals surface area (Å²) in [4.78, 5) is 28.7. The molecule has 0 spiro atoms. The number of carboxylic acids is 1. The van der Waals surface area contributed by atoms with E-state index in [1.165, 1.54) is 4.90 Å². The van der Waals surface area contributed by atoms with Crippen LogP contribution < -0.4 is 0 Å². The molecule has 5 nitrogen and oxygen atoms in total. The van der Waals surface area contributed by atoms with Gasteiger partial charge in [-0.15, -0.1) is 0 Å². The summed E-state index contributed by atoms with van der Waals surface area (Å²) in [5, 5.41) is 10.3. The number of H-pyrrole nitrogens is 1. The van der Waals surface area contributed by atoms with Crippen molar-refractivity contribution in [3.8, 4) is 0 Å². The second kappa shape index (κ2) is 5.76. The molecule has 1 aliphatic heterocycles. The Morgan fingerprint density at radius 3 is 2.86 bits per heavy atom.